The molecule has 0 aliphatic heterocycles. The molecule has 0 aromatic carbocycles. The molecule has 0 amide bonds. The Morgan fingerprint density at radius 1 is 1.12 bits per heavy atom. The first-order valence-corrected chi connectivity index (χ1v) is 6.75. The highest BCUT2D eigenvalue weighted by atomic mass is 14.5. The van der Waals surface area contributed by atoms with E-state index >= 15 is 0 Å². The van der Waals surface area contributed by atoms with Crippen LogP contribution in [0.4, 0.5) is 0 Å². The Morgan fingerprint density at radius 3 is 2.71 bits per heavy atom. The van der Waals surface area contributed by atoms with Crippen LogP contribution in [0.2, 0.25) is 0 Å². The minimum absolute atomic E-state index is 0.367. The summed E-state index contributed by atoms with van der Waals surface area (Å²) in [5.41, 5.74) is 5.09. The molecule has 0 aromatic rings. The van der Waals surface area contributed by atoms with E-state index in [-0.39, 0.29) is 0 Å². The molecule has 4 aliphatic carbocycles. The number of hydrogen-bond acceptors (Lipinski definition) is 0. The average molecular weight is 221 g/mol. The van der Waals surface area contributed by atoms with Crippen molar-refractivity contribution in [1.82, 2.24) is 0 Å². The van der Waals surface area contributed by atoms with Crippen LogP contribution in [0.3, 0.4) is 0 Å². The van der Waals surface area contributed by atoms with Gasteiger partial charge in [-0.2, -0.15) is 0 Å². The topological polar surface area (TPSA) is 0 Å². The molecule has 4 rings (SSSR count). The molecule has 17 heavy (non-hydrogen) atoms. The van der Waals surface area contributed by atoms with Gasteiger partial charge in [-0.05, 0) is 55.2 Å². The molecule has 2 bridgehead atoms. The van der Waals surface area contributed by atoms with Gasteiger partial charge in [0.15, 0.2) is 0 Å². The zero-order chi connectivity index (χ0) is 11.3. The first-order chi connectivity index (χ1) is 8.38. The lowest BCUT2D eigenvalue weighted by Crippen LogP contribution is -2.21. The third-order valence-electron chi connectivity index (χ3n) is 4.82. The van der Waals surface area contributed by atoms with Crippen LogP contribution in [0.25, 0.3) is 0 Å². The second-order valence-corrected chi connectivity index (χ2v) is 5.69. The molecule has 0 heteroatoms. The van der Waals surface area contributed by atoms with Gasteiger partial charge in [-0.3, -0.25) is 0 Å². The van der Waals surface area contributed by atoms with E-state index in [4.69, 9.17) is 0 Å². The number of hydrogen-bond donors (Lipinski definition) is 0. The van der Waals surface area contributed by atoms with Crippen molar-refractivity contribution < 1.29 is 0 Å². The standard InChI is InChI=1S/C17H17/c1-2-6-14(5-1)16-11-13-9-10-17(16,12-13)15-7-3-4-8-15/h1-5,7,13H,6,8-10,12H2. The maximum absolute atomic E-state index is 3.79. The van der Waals surface area contributed by atoms with Gasteiger partial charge in [0.05, 0.1) is 0 Å². The highest BCUT2D eigenvalue weighted by molar-refractivity contribution is 5.52. The van der Waals surface area contributed by atoms with Crippen LogP contribution < -0.4 is 0 Å². The van der Waals surface area contributed by atoms with Crippen molar-refractivity contribution >= 4 is 0 Å². The van der Waals surface area contributed by atoms with Gasteiger partial charge in [0.25, 0.3) is 0 Å². The summed E-state index contributed by atoms with van der Waals surface area (Å²) in [5, 5.41) is 0. The van der Waals surface area contributed by atoms with Crippen LogP contribution in [-0.4, -0.2) is 0 Å². The van der Waals surface area contributed by atoms with E-state index in [2.05, 4.69) is 42.5 Å². The Balaban J connectivity index is 1.76. The zero-order valence-corrected chi connectivity index (χ0v) is 10.1. The van der Waals surface area contributed by atoms with Gasteiger partial charge in [-0.25, -0.2) is 0 Å². The molecule has 2 unspecified atom stereocenters. The molecule has 85 valence electrons. The minimum Gasteiger partial charge on any atom is -0.0804 e. The molecular formula is C17H17. The fraction of sp³-hybridized carbons (Fsp3) is 0.412. The Bertz CT molecular complexity index is 510. The Labute approximate surface area is 103 Å². The quantitative estimate of drug-likeness (QED) is 0.652. The average Bonchev–Trinajstić information content (AvgIpc) is 3.13. The molecule has 0 spiro atoms. The van der Waals surface area contributed by atoms with Gasteiger partial charge < -0.3 is 0 Å². The minimum atomic E-state index is 0.367. The van der Waals surface area contributed by atoms with E-state index in [0.29, 0.717) is 5.41 Å². The summed E-state index contributed by atoms with van der Waals surface area (Å²) in [6, 6.07) is 0. The van der Waals surface area contributed by atoms with Crippen molar-refractivity contribution in [1.29, 1.82) is 0 Å². The van der Waals surface area contributed by atoms with Crippen molar-refractivity contribution in [2.24, 2.45) is 11.3 Å². The molecule has 0 N–H and O–H groups in total. The molecule has 0 heterocycles. The third-order valence-corrected chi connectivity index (χ3v) is 4.82. The first-order valence-electron chi connectivity index (χ1n) is 6.75. The monoisotopic (exact) mass is 221 g/mol. The molecule has 1 saturated carbocycles. The molecule has 1 fully saturated rings. The second-order valence-electron chi connectivity index (χ2n) is 5.69. The maximum Gasteiger partial charge on any atom is 0.0179 e. The lowest BCUT2D eigenvalue weighted by Gasteiger charge is -2.33. The van der Waals surface area contributed by atoms with Gasteiger partial charge >= 0.3 is 0 Å². The smallest absolute Gasteiger partial charge is 0.0179 e. The summed E-state index contributed by atoms with van der Waals surface area (Å²) < 4.78 is 0. The number of fused-ring (bicyclic) bond motifs is 2. The Kier molecular flexibility index (Phi) is 1.91. The second kappa shape index (κ2) is 3.35. The summed E-state index contributed by atoms with van der Waals surface area (Å²) >= 11 is 0. The summed E-state index contributed by atoms with van der Waals surface area (Å²) in [6.45, 7) is 0. The highest BCUT2D eigenvalue weighted by Crippen LogP contribution is 2.61. The number of rotatable bonds is 2. The van der Waals surface area contributed by atoms with Crippen LogP contribution >= 0.6 is 0 Å². The Hall–Kier alpha value is -1.30. The van der Waals surface area contributed by atoms with E-state index in [1.807, 2.05) is 0 Å². The molecular weight excluding hydrogens is 204 g/mol. The number of allylic oxidation sites excluding steroid dienone is 10. The van der Waals surface area contributed by atoms with E-state index < -0.39 is 0 Å². The van der Waals surface area contributed by atoms with Gasteiger partial charge in [-0.15, -0.1) is 0 Å². The molecule has 0 saturated heterocycles. The molecule has 4 aliphatic rings. The van der Waals surface area contributed by atoms with Crippen molar-refractivity contribution in [2.45, 2.75) is 32.1 Å². The summed E-state index contributed by atoms with van der Waals surface area (Å²) in [6.07, 6.45) is 23.8. The third kappa shape index (κ3) is 1.24. The van der Waals surface area contributed by atoms with Crippen LogP contribution in [0.1, 0.15) is 32.1 Å². The van der Waals surface area contributed by atoms with Crippen molar-refractivity contribution in [3.05, 3.63) is 59.3 Å². The lowest BCUT2D eigenvalue weighted by atomic mass is 9.70. The van der Waals surface area contributed by atoms with Gasteiger partial charge in [0.1, 0.15) is 0 Å². The largest absolute Gasteiger partial charge is 0.0804 e. The highest BCUT2D eigenvalue weighted by Gasteiger charge is 2.49. The fourth-order valence-electron chi connectivity index (χ4n) is 4.02. The molecule has 2 atom stereocenters. The predicted octanol–water partition coefficient (Wildman–Crippen LogP) is 4.29. The van der Waals surface area contributed by atoms with E-state index in [9.17, 15) is 0 Å². The molecule has 0 aromatic heterocycles. The van der Waals surface area contributed by atoms with Crippen LogP contribution in [-0.2, 0) is 0 Å². The summed E-state index contributed by atoms with van der Waals surface area (Å²) in [7, 11) is 0. The van der Waals surface area contributed by atoms with Gasteiger partial charge in [-0.1, -0.05) is 42.0 Å². The van der Waals surface area contributed by atoms with E-state index in [1.54, 1.807) is 11.1 Å². The fourth-order valence-corrected chi connectivity index (χ4v) is 4.02. The predicted molar refractivity (Wildman–Crippen MR) is 70.2 cm³/mol. The zero-order valence-electron chi connectivity index (χ0n) is 10.1. The lowest BCUT2D eigenvalue weighted by molar-refractivity contribution is 0.454. The van der Waals surface area contributed by atoms with Crippen LogP contribution in [0, 0.1) is 17.4 Å². The van der Waals surface area contributed by atoms with Crippen molar-refractivity contribution in [3.8, 4) is 0 Å². The van der Waals surface area contributed by atoms with Crippen LogP contribution in [0.15, 0.2) is 53.2 Å². The van der Waals surface area contributed by atoms with Crippen LogP contribution in [0.5, 0.6) is 0 Å². The van der Waals surface area contributed by atoms with Gasteiger partial charge in [0, 0.05) is 5.41 Å². The molecule has 0 nitrogen and oxygen atoms in total. The summed E-state index contributed by atoms with van der Waals surface area (Å²) in [5.74, 6) is 0.730. The maximum atomic E-state index is 3.79. The summed E-state index contributed by atoms with van der Waals surface area (Å²) in [4.78, 5) is 0. The van der Waals surface area contributed by atoms with Gasteiger partial charge in [0.2, 0.25) is 0 Å². The first kappa shape index (κ1) is 9.70. The van der Waals surface area contributed by atoms with E-state index in [0.717, 1.165) is 12.3 Å². The SMILES string of the molecule is [C]1=C(C2=CC=CC2)C2(C3=CC=CC3)CCC1C2. The van der Waals surface area contributed by atoms with E-state index in [1.165, 1.54) is 31.3 Å². The molecule has 1 radical (unpaired) electrons. The van der Waals surface area contributed by atoms with Crippen molar-refractivity contribution in [2.75, 3.05) is 0 Å². The Morgan fingerprint density at radius 2 is 2.00 bits per heavy atom. The normalized spacial score (nSPS) is 37.6. The van der Waals surface area contributed by atoms with Crippen molar-refractivity contribution in [3.63, 3.8) is 0 Å².